The minimum Gasteiger partial charge on any atom is -0.289 e. The number of carbonyl (C=O) groups is 1. The summed E-state index contributed by atoms with van der Waals surface area (Å²) in [6.07, 6.45) is 0. The normalized spacial score (nSPS) is 11.8. The number of halogens is 8. The molecule has 0 aliphatic carbocycles. The molecule has 1 rings (SSSR count). The largest absolute Gasteiger partial charge is 0.289 e. The summed E-state index contributed by atoms with van der Waals surface area (Å²) in [6.45, 7) is 0. The highest BCUT2D eigenvalue weighted by atomic mass is 35.6. The maximum absolute atomic E-state index is 11.8. The molecule has 0 atom stereocenters. The fraction of sp³-hybridized carbons (Fsp3) is 0.125. The van der Waals surface area contributed by atoms with Crippen LogP contribution in [0.2, 0.25) is 25.1 Å². The lowest BCUT2D eigenvalue weighted by molar-refractivity contribution is 0.0996. The van der Waals surface area contributed by atoms with Gasteiger partial charge in [-0.2, -0.15) is 0 Å². The molecular formula is C8Cl8O. The van der Waals surface area contributed by atoms with Gasteiger partial charge in [-0.25, -0.2) is 0 Å². The van der Waals surface area contributed by atoms with Crippen molar-refractivity contribution < 1.29 is 4.79 Å². The lowest BCUT2D eigenvalue weighted by Gasteiger charge is -2.15. The average Bonchev–Trinajstić information content (AvgIpc) is 2.22. The minimum atomic E-state index is -2.23. The van der Waals surface area contributed by atoms with Gasteiger partial charge in [0.25, 0.3) is 3.79 Å². The predicted octanol–water partition coefficient (Wildman–Crippen LogP) is 6.51. The highest BCUT2D eigenvalue weighted by Crippen LogP contribution is 2.46. The standard InChI is InChI=1S/C8Cl8O/c9-2-1(7(17)8(14,15)16)3(10)5(12)6(13)4(2)11. The molecule has 94 valence electrons. The molecule has 0 bridgehead atoms. The first-order valence-corrected chi connectivity index (χ1v) is 6.74. The number of hydrogen-bond acceptors (Lipinski definition) is 1. The summed E-state index contributed by atoms with van der Waals surface area (Å²) in [6, 6.07) is 0. The summed E-state index contributed by atoms with van der Waals surface area (Å²) in [4.78, 5) is 11.8. The molecule has 0 saturated carbocycles. The van der Waals surface area contributed by atoms with Gasteiger partial charge >= 0.3 is 0 Å². The van der Waals surface area contributed by atoms with E-state index >= 15 is 0 Å². The van der Waals surface area contributed by atoms with Crippen LogP contribution in [-0.4, -0.2) is 9.58 Å². The van der Waals surface area contributed by atoms with Crippen molar-refractivity contribution >= 4 is 98.6 Å². The number of Topliss-reactive ketones (excluding diaryl/α,β-unsaturated/α-hetero) is 1. The Bertz CT molecular complexity index is 460. The van der Waals surface area contributed by atoms with E-state index in [1.165, 1.54) is 0 Å². The van der Waals surface area contributed by atoms with E-state index in [-0.39, 0.29) is 30.7 Å². The number of hydrogen-bond donors (Lipinski definition) is 0. The first-order valence-electron chi connectivity index (χ1n) is 3.72. The van der Waals surface area contributed by atoms with Crippen LogP contribution in [0.3, 0.4) is 0 Å². The van der Waals surface area contributed by atoms with Gasteiger partial charge in [0, 0.05) is 0 Å². The summed E-state index contributed by atoms with van der Waals surface area (Å²) in [5.41, 5.74) is -0.285. The van der Waals surface area contributed by atoms with E-state index in [4.69, 9.17) is 92.8 Å². The van der Waals surface area contributed by atoms with Crippen LogP contribution < -0.4 is 0 Å². The van der Waals surface area contributed by atoms with Gasteiger partial charge in [0.1, 0.15) is 0 Å². The second-order valence-corrected chi connectivity index (χ2v) is 6.94. The molecule has 17 heavy (non-hydrogen) atoms. The lowest BCUT2D eigenvalue weighted by Crippen LogP contribution is -2.20. The molecule has 0 amide bonds. The quantitative estimate of drug-likeness (QED) is 0.229. The van der Waals surface area contributed by atoms with Crippen molar-refractivity contribution in [2.45, 2.75) is 3.79 Å². The molecule has 9 heteroatoms. The van der Waals surface area contributed by atoms with Crippen molar-refractivity contribution in [1.82, 2.24) is 0 Å². The van der Waals surface area contributed by atoms with Gasteiger partial charge in [0.05, 0.1) is 30.7 Å². The first-order chi connectivity index (χ1) is 7.59. The monoisotopic (exact) mass is 392 g/mol. The molecule has 0 spiro atoms. The topological polar surface area (TPSA) is 17.1 Å². The molecule has 0 N–H and O–H groups in total. The van der Waals surface area contributed by atoms with Gasteiger partial charge in [-0.3, -0.25) is 4.79 Å². The molecule has 0 aliphatic rings. The van der Waals surface area contributed by atoms with E-state index in [1.54, 1.807) is 0 Å². The predicted molar refractivity (Wildman–Crippen MR) is 76.1 cm³/mol. The zero-order valence-corrected chi connectivity index (χ0v) is 13.5. The van der Waals surface area contributed by atoms with Gasteiger partial charge < -0.3 is 0 Å². The van der Waals surface area contributed by atoms with Crippen molar-refractivity contribution in [3.05, 3.63) is 30.7 Å². The SMILES string of the molecule is O=C(c1c(Cl)c(Cl)c(Cl)c(Cl)c1Cl)C(Cl)(Cl)Cl. The molecule has 1 aromatic rings. The zero-order valence-electron chi connectivity index (χ0n) is 7.43. The summed E-state index contributed by atoms with van der Waals surface area (Å²) in [7, 11) is 0. The Morgan fingerprint density at radius 1 is 0.706 bits per heavy atom. The fourth-order valence-electron chi connectivity index (χ4n) is 0.946. The van der Waals surface area contributed by atoms with Crippen molar-refractivity contribution in [3.8, 4) is 0 Å². The van der Waals surface area contributed by atoms with Crippen molar-refractivity contribution in [2.75, 3.05) is 0 Å². The van der Waals surface area contributed by atoms with E-state index in [9.17, 15) is 4.79 Å². The molecular weight excluding hydrogens is 396 g/mol. The second kappa shape index (κ2) is 5.68. The van der Waals surface area contributed by atoms with E-state index in [0.29, 0.717) is 0 Å². The molecule has 0 heterocycles. The Morgan fingerprint density at radius 2 is 1.00 bits per heavy atom. The molecule has 1 nitrogen and oxygen atoms in total. The first kappa shape index (κ1) is 16.3. The van der Waals surface area contributed by atoms with Gasteiger partial charge in [0.15, 0.2) is 0 Å². The van der Waals surface area contributed by atoms with E-state index in [1.807, 2.05) is 0 Å². The van der Waals surface area contributed by atoms with Crippen LogP contribution in [0.4, 0.5) is 0 Å². The average molecular weight is 396 g/mol. The highest BCUT2D eigenvalue weighted by Gasteiger charge is 2.36. The van der Waals surface area contributed by atoms with Crippen molar-refractivity contribution in [2.24, 2.45) is 0 Å². The van der Waals surface area contributed by atoms with Crippen LogP contribution in [0.15, 0.2) is 0 Å². The summed E-state index contributed by atoms with van der Waals surface area (Å²) in [5.74, 6) is -0.946. The fourth-order valence-corrected chi connectivity index (χ4v) is 2.54. The van der Waals surface area contributed by atoms with Crippen LogP contribution in [-0.2, 0) is 0 Å². The molecule has 0 aliphatic heterocycles. The summed E-state index contributed by atoms with van der Waals surface area (Å²) < 4.78 is -2.23. The van der Waals surface area contributed by atoms with Crippen LogP contribution in [0, 0.1) is 0 Å². The number of rotatable bonds is 1. The number of carbonyl (C=O) groups excluding carboxylic acids is 1. The third-order valence-electron chi connectivity index (χ3n) is 1.69. The third-order valence-corrected chi connectivity index (χ3v) is 4.49. The Kier molecular flexibility index (Phi) is 5.44. The van der Waals surface area contributed by atoms with Crippen molar-refractivity contribution in [1.29, 1.82) is 0 Å². The highest BCUT2D eigenvalue weighted by molar-refractivity contribution is 6.78. The zero-order chi connectivity index (χ0) is 13.5. The molecule has 0 unspecified atom stereocenters. The van der Waals surface area contributed by atoms with Gasteiger partial charge in [-0.05, 0) is 0 Å². The van der Waals surface area contributed by atoms with Crippen LogP contribution in [0.25, 0.3) is 0 Å². The molecule has 1 aromatic carbocycles. The molecule has 0 radical (unpaired) electrons. The molecule has 0 saturated heterocycles. The Balaban J connectivity index is 3.62. The minimum absolute atomic E-state index is 0.0794. The number of alkyl halides is 3. The summed E-state index contributed by atoms with van der Waals surface area (Å²) in [5, 5.41) is -0.797. The lowest BCUT2D eigenvalue weighted by atomic mass is 10.1. The smallest absolute Gasteiger partial charge is 0.253 e. The second-order valence-electron chi connectivity index (χ2n) is 2.77. The Labute approximate surface area is 137 Å². The number of benzene rings is 1. The van der Waals surface area contributed by atoms with Gasteiger partial charge in [0.2, 0.25) is 5.78 Å². The van der Waals surface area contributed by atoms with E-state index in [2.05, 4.69) is 0 Å². The molecule has 0 aromatic heterocycles. The molecule has 0 fully saturated rings. The van der Waals surface area contributed by atoms with E-state index in [0.717, 1.165) is 0 Å². The van der Waals surface area contributed by atoms with Crippen LogP contribution >= 0.6 is 92.8 Å². The summed E-state index contributed by atoms with van der Waals surface area (Å²) >= 11 is 45.3. The Hall–Kier alpha value is 1.21. The van der Waals surface area contributed by atoms with Crippen LogP contribution in [0.1, 0.15) is 10.4 Å². The van der Waals surface area contributed by atoms with Gasteiger partial charge in [-0.15, -0.1) is 0 Å². The number of ketones is 1. The third kappa shape index (κ3) is 3.21. The van der Waals surface area contributed by atoms with Gasteiger partial charge in [-0.1, -0.05) is 92.8 Å². The van der Waals surface area contributed by atoms with Crippen molar-refractivity contribution in [3.63, 3.8) is 0 Å². The maximum atomic E-state index is 11.8. The van der Waals surface area contributed by atoms with Crippen LogP contribution in [0.5, 0.6) is 0 Å². The Morgan fingerprint density at radius 3 is 1.29 bits per heavy atom. The maximum Gasteiger partial charge on any atom is 0.253 e. The van der Waals surface area contributed by atoms with E-state index < -0.39 is 9.58 Å².